The smallest absolute Gasteiger partial charge is 0.414 e. The summed E-state index contributed by atoms with van der Waals surface area (Å²) in [5.41, 5.74) is 2.04. The van der Waals surface area contributed by atoms with Crippen molar-refractivity contribution in [2.24, 2.45) is 0 Å². The second-order valence-electron chi connectivity index (χ2n) is 3.91. The Morgan fingerprint density at radius 1 is 1.44 bits per heavy atom. The van der Waals surface area contributed by atoms with E-state index >= 15 is 0 Å². The first-order valence-corrected chi connectivity index (χ1v) is 5.24. The number of cyclic esters (lactones) is 1. The fourth-order valence-electron chi connectivity index (χ4n) is 1.73. The Bertz CT molecular complexity index is 374. The number of aryl methyl sites for hydroxylation is 1. The number of rotatable bonds is 3. The maximum Gasteiger partial charge on any atom is 0.414 e. The highest BCUT2D eigenvalue weighted by Crippen LogP contribution is 2.21. The number of carbonyl (C=O) groups is 1. The molecule has 1 aromatic carbocycles. The van der Waals surface area contributed by atoms with E-state index in [1.807, 2.05) is 31.2 Å². The lowest BCUT2D eigenvalue weighted by atomic mass is 10.2. The molecule has 4 nitrogen and oxygen atoms in total. The Balaban J connectivity index is 2.10. The maximum absolute atomic E-state index is 11.6. The van der Waals surface area contributed by atoms with Gasteiger partial charge >= 0.3 is 6.09 Å². The molecule has 1 aliphatic heterocycles. The van der Waals surface area contributed by atoms with Crippen LogP contribution >= 0.6 is 0 Å². The van der Waals surface area contributed by atoms with Gasteiger partial charge in [0, 0.05) is 12.8 Å². The highest BCUT2D eigenvalue weighted by molar-refractivity contribution is 5.89. The predicted octanol–water partition coefficient (Wildman–Crippen LogP) is 1.97. The van der Waals surface area contributed by atoms with E-state index in [0.29, 0.717) is 13.2 Å². The van der Waals surface area contributed by atoms with Crippen molar-refractivity contribution < 1.29 is 14.3 Å². The van der Waals surface area contributed by atoms with Crippen LogP contribution in [0.2, 0.25) is 0 Å². The molecule has 0 aliphatic carbocycles. The van der Waals surface area contributed by atoms with Gasteiger partial charge in [-0.3, -0.25) is 4.90 Å². The zero-order valence-corrected chi connectivity index (χ0v) is 9.47. The highest BCUT2D eigenvalue weighted by atomic mass is 16.6. The molecule has 0 bridgehead atoms. The van der Waals surface area contributed by atoms with Gasteiger partial charge in [-0.15, -0.1) is 0 Å². The number of ether oxygens (including phenoxy) is 2. The fraction of sp³-hybridized carbons (Fsp3) is 0.417. The molecule has 0 unspecified atom stereocenters. The van der Waals surface area contributed by atoms with Crippen LogP contribution in [0.15, 0.2) is 24.3 Å². The van der Waals surface area contributed by atoms with E-state index in [9.17, 15) is 4.79 Å². The molecule has 1 amide bonds. The summed E-state index contributed by atoms with van der Waals surface area (Å²) < 4.78 is 10.1. The van der Waals surface area contributed by atoms with Crippen LogP contribution in [0.3, 0.4) is 0 Å². The number of hydrogen-bond donors (Lipinski definition) is 0. The Kier molecular flexibility index (Phi) is 3.10. The third-order valence-corrected chi connectivity index (χ3v) is 2.57. The summed E-state index contributed by atoms with van der Waals surface area (Å²) in [7, 11) is 1.60. The zero-order chi connectivity index (χ0) is 11.5. The molecule has 1 aliphatic rings. The molecule has 0 radical (unpaired) electrons. The maximum atomic E-state index is 11.6. The standard InChI is InChI=1S/C12H15NO3/c1-9-3-5-10(6-4-9)13-7-11(8-15-2)16-12(13)14/h3-6,11H,7-8H2,1-2H3/t11-/m1/s1. The topological polar surface area (TPSA) is 38.8 Å². The summed E-state index contributed by atoms with van der Waals surface area (Å²) in [5.74, 6) is 0. The zero-order valence-electron chi connectivity index (χ0n) is 9.47. The van der Waals surface area contributed by atoms with Crippen molar-refractivity contribution in [1.29, 1.82) is 0 Å². The van der Waals surface area contributed by atoms with Crippen molar-refractivity contribution in [2.75, 3.05) is 25.2 Å². The van der Waals surface area contributed by atoms with Gasteiger partial charge in [0.25, 0.3) is 0 Å². The molecule has 2 rings (SSSR count). The summed E-state index contributed by atoms with van der Waals surface area (Å²) in [4.78, 5) is 13.2. The number of anilines is 1. The van der Waals surface area contributed by atoms with E-state index in [1.54, 1.807) is 12.0 Å². The molecule has 4 heteroatoms. The summed E-state index contributed by atoms with van der Waals surface area (Å²) in [6, 6.07) is 7.80. The molecule has 0 spiro atoms. The van der Waals surface area contributed by atoms with Gasteiger partial charge in [-0.25, -0.2) is 4.79 Å². The fourth-order valence-corrected chi connectivity index (χ4v) is 1.73. The first-order valence-electron chi connectivity index (χ1n) is 5.24. The number of methoxy groups -OCH3 is 1. The van der Waals surface area contributed by atoms with E-state index < -0.39 is 0 Å². The minimum absolute atomic E-state index is 0.168. The summed E-state index contributed by atoms with van der Waals surface area (Å²) in [5, 5.41) is 0. The van der Waals surface area contributed by atoms with Crippen LogP contribution in [-0.2, 0) is 9.47 Å². The van der Waals surface area contributed by atoms with Gasteiger partial charge in [0.1, 0.15) is 6.10 Å². The number of amides is 1. The van der Waals surface area contributed by atoms with Gasteiger partial charge in [-0.05, 0) is 19.1 Å². The van der Waals surface area contributed by atoms with Crippen molar-refractivity contribution in [3.63, 3.8) is 0 Å². The van der Waals surface area contributed by atoms with Crippen LogP contribution in [0.4, 0.5) is 10.5 Å². The van der Waals surface area contributed by atoms with Crippen molar-refractivity contribution in [1.82, 2.24) is 0 Å². The molecule has 0 aromatic heterocycles. The van der Waals surface area contributed by atoms with Gasteiger partial charge in [0.2, 0.25) is 0 Å². The summed E-state index contributed by atoms with van der Waals surface area (Å²) >= 11 is 0. The molecule has 1 saturated heterocycles. The molecule has 0 N–H and O–H groups in total. The summed E-state index contributed by atoms with van der Waals surface area (Å²) in [6.07, 6.45) is -0.468. The van der Waals surface area contributed by atoms with Gasteiger partial charge in [0.05, 0.1) is 13.2 Å². The van der Waals surface area contributed by atoms with Gasteiger partial charge < -0.3 is 9.47 Å². The van der Waals surface area contributed by atoms with Crippen molar-refractivity contribution in [3.05, 3.63) is 29.8 Å². The van der Waals surface area contributed by atoms with Crippen molar-refractivity contribution >= 4 is 11.8 Å². The summed E-state index contributed by atoms with van der Waals surface area (Å²) in [6.45, 7) is 3.00. The van der Waals surface area contributed by atoms with E-state index in [0.717, 1.165) is 5.69 Å². The molecule has 0 saturated carbocycles. The van der Waals surface area contributed by atoms with Crippen LogP contribution in [-0.4, -0.2) is 32.5 Å². The Morgan fingerprint density at radius 2 is 2.12 bits per heavy atom. The Labute approximate surface area is 94.8 Å². The van der Waals surface area contributed by atoms with Crippen LogP contribution in [0.25, 0.3) is 0 Å². The predicted molar refractivity (Wildman–Crippen MR) is 60.7 cm³/mol. The minimum atomic E-state index is -0.300. The SMILES string of the molecule is COC[C@H]1CN(c2ccc(C)cc2)C(=O)O1. The lowest BCUT2D eigenvalue weighted by Gasteiger charge is -2.12. The average Bonchev–Trinajstić information content (AvgIpc) is 2.61. The van der Waals surface area contributed by atoms with E-state index in [4.69, 9.17) is 9.47 Å². The third kappa shape index (κ3) is 2.17. The average molecular weight is 221 g/mol. The Morgan fingerprint density at radius 3 is 2.75 bits per heavy atom. The van der Waals surface area contributed by atoms with Crippen LogP contribution in [0, 0.1) is 6.92 Å². The van der Waals surface area contributed by atoms with Gasteiger partial charge in [-0.1, -0.05) is 17.7 Å². The monoisotopic (exact) mass is 221 g/mol. The number of benzene rings is 1. The molecule has 86 valence electrons. The number of hydrogen-bond acceptors (Lipinski definition) is 3. The minimum Gasteiger partial charge on any atom is -0.441 e. The largest absolute Gasteiger partial charge is 0.441 e. The molecule has 1 aromatic rings. The van der Waals surface area contributed by atoms with Gasteiger partial charge in [-0.2, -0.15) is 0 Å². The first-order chi connectivity index (χ1) is 7.70. The number of nitrogens with zero attached hydrogens (tertiary/aromatic N) is 1. The highest BCUT2D eigenvalue weighted by Gasteiger charge is 2.31. The van der Waals surface area contributed by atoms with Crippen molar-refractivity contribution in [3.8, 4) is 0 Å². The lowest BCUT2D eigenvalue weighted by molar-refractivity contribution is 0.0718. The molecular formula is C12H15NO3. The molecule has 1 atom stereocenters. The normalized spacial score (nSPS) is 20.0. The molecule has 1 heterocycles. The van der Waals surface area contributed by atoms with Crippen molar-refractivity contribution in [2.45, 2.75) is 13.0 Å². The first kappa shape index (κ1) is 11.0. The molecular weight excluding hydrogens is 206 g/mol. The Hall–Kier alpha value is -1.55. The molecule has 16 heavy (non-hydrogen) atoms. The quantitative estimate of drug-likeness (QED) is 0.783. The van der Waals surface area contributed by atoms with Gasteiger partial charge in [0.15, 0.2) is 0 Å². The molecule has 1 fully saturated rings. The van der Waals surface area contributed by atoms with E-state index in [-0.39, 0.29) is 12.2 Å². The van der Waals surface area contributed by atoms with Crippen LogP contribution in [0.5, 0.6) is 0 Å². The third-order valence-electron chi connectivity index (χ3n) is 2.57. The second-order valence-corrected chi connectivity index (χ2v) is 3.91. The lowest BCUT2D eigenvalue weighted by Crippen LogP contribution is -2.25. The van der Waals surface area contributed by atoms with E-state index in [2.05, 4.69) is 0 Å². The van der Waals surface area contributed by atoms with Crippen LogP contribution in [0.1, 0.15) is 5.56 Å². The number of carbonyl (C=O) groups excluding carboxylic acids is 1. The van der Waals surface area contributed by atoms with E-state index in [1.165, 1.54) is 5.56 Å². The second kappa shape index (κ2) is 4.53. The van der Waals surface area contributed by atoms with Crippen LogP contribution < -0.4 is 4.90 Å².